The predicted molar refractivity (Wildman–Crippen MR) is 74.1 cm³/mol. The van der Waals surface area contributed by atoms with Crippen molar-refractivity contribution in [2.24, 2.45) is 5.73 Å². The molecular weight excluding hydrogens is 240 g/mol. The van der Waals surface area contributed by atoms with Gasteiger partial charge in [-0.25, -0.2) is 0 Å². The molecule has 0 radical (unpaired) electrons. The highest BCUT2D eigenvalue weighted by molar-refractivity contribution is 5.82. The molecule has 4 nitrogen and oxygen atoms in total. The third-order valence-electron chi connectivity index (χ3n) is 2.72. The van der Waals surface area contributed by atoms with Crippen LogP contribution in [0.5, 0.6) is 5.75 Å². The van der Waals surface area contributed by atoms with E-state index in [1.165, 1.54) is 0 Å². The zero-order valence-electron chi connectivity index (χ0n) is 10.4. The molecule has 0 heterocycles. The number of aliphatic hydroxyl groups is 1. The van der Waals surface area contributed by atoms with Gasteiger partial charge in [-0.1, -0.05) is 42.5 Å². The number of hydrogen-bond donors (Lipinski definition) is 3. The second kappa shape index (κ2) is 6.02. The van der Waals surface area contributed by atoms with E-state index in [0.29, 0.717) is 17.9 Å². The van der Waals surface area contributed by atoms with Gasteiger partial charge in [0.1, 0.15) is 24.3 Å². The molecule has 0 bridgehead atoms. The van der Waals surface area contributed by atoms with Crippen LogP contribution in [0, 0.1) is 5.41 Å². The van der Waals surface area contributed by atoms with Gasteiger partial charge in [0, 0.05) is 0 Å². The summed E-state index contributed by atoms with van der Waals surface area (Å²) in [5.74, 6) is 0.363. The fourth-order valence-electron chi connectivity index (χ4n) is 1.69. The molecule has 4 N–H and O–H groups in total. The Kier molecular flexibility index (Phi) is 4.15. The maximum Gasteiger partial charge on any atom is 0.136 e. The van der Waals surface area contributed by atoms with E-state index in [2.05, 4.69) is 0 Å². The Hall–Kier alpha value is -2.33. The fourth-order valence-corrected chi connectivity index (χ4v) is 1.69. The van der Waals surface area contributed by atoms with Gasteiger partial charge in [0.25, 0.3) is 0 Å². The smallest absolute Gasteiger partial charge is 0.136 e. The van der Waals surface area contributed by atoms with Gasteiger partial charge in [-0.3, -0.25) is 5.41 Å². The summed E-state index contributed by atoms with van der Waals surface area (Å²) in [5, 5.41) is 16.9. The predicted octanol–water partition coefficient (Wildman–Crippen LogP) is 2.23. The van der Waals surface area contributed by atoms with E-state index in [4.69, 9.17) is 15.9 Å². The molecule has 0 aliphatic carbocycles. The van der Waals surface area contributed by atoms with Crippen LogP contribution in [0.2, 0.25) is 0 Å². The van der Waals surface area contributed by atoms with Gasteiger partial charge in [0.2, 0.25) is 0 Å². The van der Waals surface area contributed by atoms with Crippen LogP contribution in [0.3, 0.4) is 0 Å². The van der Waals surface area contributed by atoms with Crippen molar-refractivity contribution in [2.45, 2.75) is 12.7 Å². The van der Waals surface area contributed by atoms with Gasteiger partial charge in [-0.05, 0) is 23.3 Å². The Morgan fingerprint density at radius 1 is 1.16 bits per heavy atom. The van der Waals surface area contributed by atoms with Gasteiger partial charge in [-0.2, -0.15) is 0 Å². The lowest BCUT2D eigenvalue weighted by molar-refractivity contribution is 0.243. The van der Waals surface area contributed by atoms with E-state index >= 15 is 0 Å². The third kappa shape index (κ3) is 3.56. The first kappa shape index (κ1) is 13.1. The minimum Gasteiger partial charge on any atom is -0.489 e. The molecule has 19 heavy (non-hydrogen) atoms. The first-order valence-corrected chi connectivity index (χ1v) is 5.95. The van der Waals surface area contributed by atoms with Crippen LogP contribution in [0.15, 0.2) is 54.6 Å². The summed E-state index contributed by atoms with van der Waals surface area (Å²) in [7, 11) is 0. The van der Waals surface area contributed by atoms with Crippen LogP contribution in [0.4, 0.5) is 0 Å². The van der Waals surface area contributed by atoms with Crippen molar-refractivity contribution in [1.29, 1.82) is 5.41 Å². The lowest BCUT2D eigenvalue weighted by atomic mass is 10.1. The SMILES string of the molecule is N=C(N)C(O)c1cccc(OCc2ccccc2)c1. The summed E-state index contributed by atoms with van der Waals surface area (Å²) in [4.78, 5) is 0. The van der Waals surface area contributed by atoms with Gasteiger partial charge in [0.15, 0.2) is 0 Å². The molecule has 2 rings (SSSR count). The number of hydrogen-bond acceptors (Lipinski definition) is 3. The summed E-state index contributed by atoms with van der Waals surface area (Å²) in [6, 6.07) is 16.8. The Labute approximate surface area is 112 Å². The zero-order valence-corrected chi connectivity index (χ0v) is 10.4. The Balaban J connectivity index is 2.05. The average Bonchev–Trinajstić information content (AvgIpc) is 2.45. The van der Waals surface area contributed by atoms with Crippen molar-refractivity contribution in [3.8, 4) is 5.75 Å². The van der Waals surface area contributed by atoms with E-state index in [0.717, 1.165) is 5.56 Å². The number of ether oxygens (including phenoxy) is 1. The molecule has 2 aromatic carbocycles. The molecule has 1 unspecified atom stereocenters. The first-order valence-electron chi connectivity index (χ1n) is 5.95. The van der Waals surface area contributed by atoms with Crippen LogP contribution < -0.4 is 10.5 Å². The number of rotatable bonds is 5. The lowest BCUT2D eigenvalue weighted by Crippen LogP contribution is -2.19. The van der Waals surface area contributed by atoms with Crippen molar-refractivity contribution in [1.82, 2.24) is 0 Å². The molecule has 0 aromatic heterocycles. The fraction of sp³-hybridized carbons (Fsp3) is 0.133. The Morgan fingerprint density at radius 3 is 2.58 bits per heavy atom. The molecule has 0 spiro atoms. The van der Waals surface area contributed by atoms with Crippen molar-refractivity contribution in [3.05, 3.63) is 65.7 Å². The monoisotopic (exact) mass is 256 g/mol. The van der Waals surface area contributed by atoms with E-state index in [1.807, 2.05) is 30.3 Å². The van der Waals surface area contributed by atoms with Gasteiger partial charge >= 0.3 is 0 Å². The van der Waals surface area contributed by atoms with Crippen molar-refractivity contribution >= 4 is 5.84 Å². The molecule has 4 heteroatoms. The zero-order chi connectivity index (χ0) is 13.7. The number of nitrogens with one attached hydrogen (secondary N) is 1. The molecule has 1 atom stereocenters. The summed E-state index contributed by atoms with van der Waals surface area (Å²) in [5.41, 5.74) is 6.90. The normalized spacial score (nSPS) is 11.8. The summed E-state index contributed by atoms with van der Waals surface area (Å²) < 4.78 is 5.64. The maximum atomic E-state index is 9.70. The molecule has 0 fully saturated rings. The molecule has 98 valence electrons. The summed E-state index contributed by atoms with van der Waals surface area (Å²) in [6.07, 6.45) is -1.08. The molecule has 0 saturated carbocycles. The van der Waals surface area contributed by atoms with Crippen molar-refractivity contribution in [2.75, 3.05) is 0 Å². The highest BCUT2D eigenvalue weighted by atomic mass is 16.5. The van der Waals surface area contributed by atoms with E-state index in [9.17, 15) is 5.11 Å². The minimum absolute atomic E-state index is 0.278. The lowest BCUT2D eigenvalue weighted by Gasteiger charge is -2.11. The minimum atomic E-state index is -1.08. The van der Waals surface area contributed by atoms with Gasteiger partial charge in [-0.15, -0.1) is 0 Å². The number of amidine groups is 1. The second-order valence-electron chi connectivity index (χ2n) is 4.20. The van der Waals surface area contributed by atoms with Crippen LogP contribution in [0.25, 0.3) is 0 Å². The number of nitrogens with two attached hydrogens (primary N) is 1. The molecule has 0 aliphatic heterocycles. The topological polar surface area (TPSA) is 79.3 Å². The number of aliphatic hydroxyl groups excluding tert-OH is 1. The van der Waals surface area contributed by atoms with Crippen LogP contribution in [-0.2, 0) is 6.61 Å². The third-order valence-corrected chi connectivity index (χ3v) is 2.72. The largest absolute Gasteiger partial charge is 0.489 e. The van der Waals surface area contributed by atoms with Gasteiger partial charge in [0.05, 0.1) is 0 Å². The quantitative estimate of drug-likeness (QED) is 0.567. The molecule has 2 aromatic rings. The first-order chi connectivity index (χ1) is 9.16. The van der Waals surface area contributed by atoms with Gasteiger partial charge < -0.3 is 15.6 Å². The molecule has 0 amide bonds. The second-order valence-corrected chi connectivity index (χ2v) is 4.20. The Bertz CT molecular complexity index is 555. The molecule has 0 saturated heterocycles. The highest BCUT2D eigenvalue weighted by Crippen LogP contribution is 2.20. The van der Waals surface area contributed by atoms with E-state index in [1.54, 1.807) is 24.3 Å². The highest BCUT2D eigenvalue weighted by Gasteiger charge is 2.11. The Morgan fingerprint density at radius 2 is 1.89 bits per heavy atom. The average molecular weight is 256 g/mol. The van der Waals surface area contributed by atoms with E-state index in [-0.39, 0.29) is 5.84 Å². The summed E-state index contributed by atoms with van der Waals surface area (Å²) >= 11 is 0. The van der Waals surface area contributed by atoms with Crippen LogP contribution >= 0.6 is 0 Å². The molecular formula is C15H16N2O2. The summed E-state index contributed by atoms with van der Waals surface area (Å²) in [6.45, 7) is 0.459. The maximum absolute atomic E-state index is 9.70. The van der Waals surface area contributed by atoms with E-state index < -0.39 is 6.10 Å². The number of benzene rings is 2. The van der Waals surface area contributed by atoms with Crippen LogP contribution in [0.1, 0.15) is 17.2 Å². The van der Waals surface area contributed by atoms with Crippen LogP contribution in [-0.4, -0.2) is 10.9 Å². The van der Waals surface area contributed by atoms with Crippen molar-refractivity contribution in [3.63, 3.8) is 0 Å². The van der Waals surface area contributed by atoms with Crippen molar-refractivity contribution < 1.29 is 9.84 Å². The molecule has 0 aliphatic rings. The standard InChI is InChI=1S/C15H16N2O2/c16-15(17)14(18)12-7-4-8-13(9-12)19-10-11-5-2-1-3-6-11/h1-9,14,18H,10H2,(H3,16,17).